The topological polar surface area (TPSA) is 12.4 Å². The van der Waals surface area contributed by atoms with E-state index in [4.69, 9.17) is 4.99 Å². The lowest BCUT2D eigenvalue weighted by atomic mass is 9.78. The molecule has 1 aliphatic heterocycles. The van der Waals surface area contributed by atoms with Gasteiger partial charge in [-0.25, -0.2) is 0 Å². The maximum Gasteiger partial charge on any atom is 0.0769 e. The average molecular weight is 341 g/mol. The molecular formula is C23H19NS. The van der Waals surface area contributed by atoms with E-state index in [1.165, 1.54) is 27.3 Å². The number of hydrogen-bond donors (Lipinski definition) is 0. The number of fused-ring (bicyclic) bond motifs is 4. The highest BCUT2D eigenvalue weighted by Crippen LogP contribution is 2.50. The highest BCUT2D eigenvalue weighted by atomic mass is 32.2. The van der Waals surface area contributed by atoms with Gasteiger partial charge in [-0.1, -0.05) is 66.7 Å². The van der Waals surface area contributed by atoms with Gasteiger partial charge in [-0.15, -0.1) is 11.8 Å². The Morgan fingerprint density at radius 2 is 1.56 bits per heavy atom. The summed E-state index contributed by atoms with van der Waals surface area (Å²) in [5.74, 6) is 0.453. The summed E-state index contributed by atoms with van der Waals surface area (Å²) >= 11 is 1.98. The van der Waals surface area contributed by atoms with E-state index in [1.807, 2.05) is 11.8 Å². The van der Waals surface area contributed by atoms with Crippen molar-refractivity contribution in [1.29, 1.82) is 0 Å². The predicted molar refractivity (Wildman–Crippen MR) is 106 cm³/mol. The van der Waals surface area contributed by atoms with Crippen molar-refractivity contribution in [2.75, 3.05) is 0 Å². The number of benzene rings is 3. The smallest absolute Gasteiger partial charge is 0.0769 e. The third kappa shape index (κ3) is 2.61. The molecule has 0 N–H and O–H groups in total. The number of hydrogen-bond acceptors (Lipinski definition) is 2. The van der Waals surface area contributed by atoms with E-state index in [2.05, 4.69) is 78.9 Å². The van der Waals surface area contributed by atoms with Gasteiger partial charge in [-0.2, -0.15) is 0 Å². The second kappa shape index (κ2) is 6.20. The molecule has 0 bridgehead atoms. The fraction of sp³-hybridized carbons (Fsp3) is 0.174. The standard InChI is InChI=1S/C23H19NS/c1-2-9-17(10-3-1)23-19-15-14-16-8-4-5-11-18(16)22(19)24-20-12-6-7-13-21(20)25-23/h1-13,19,23H,14-15H2/t19-,23+/m1/s1. The summed E-state index contributed by atoms with van der Waals surface area (Å²) in [5, 5.41) is 0.414. The van der Waals surface area contributed by atoms with Gasteiger partial charge in [0.25, 0.3) is 0 Å². The number of para-hydroxylation sites is 1. The molecule has 3 aromatic rings. The Morgan fingerprint density at radius 3 is 2.48 bits per heavy atom. The Hall–Kier alpha value is -2.32. The van der Waals surface area contributed by atoms with Crippen molar-refractivity contribution < 1.29 is 0 Å². The van der Waals surface area contributed by atoms with Gasteiger partial charge in [0.15, 0.2) is 0 Å². The summed E-state index contributed by atoms with van der Waals surface area (Å²) in [5.41, 5.74) is 6.57. The van der Waals surface area contributed by atoms with Crippen molar-refractivity contribution in [3.05, 3.63) is 95.6 Å². The molecule has 2 atom stereocenters. The highest BCUT2D eigenvalue weighted by Gasteiger charge is 2.35. The molecule has 0 saturated heterocycles. The molecule has 0 saturated carbocycles. The molecule has 0 fully saturated rings. The number of thioether (sulfide) groups is 1. The maximum atomic E-state index is 5.17. The minimum atomic E-state index is 0.414. The van der Waals surface area contributed by atoms with Gasteiger partial charge in [0.1, 0.15) is 0 Å². The van der Waals surface area contributed by atoms with Crippen LogP contribution in [0.3, 0.4) is 0 Å². The van der Waals surface area contributed by atoms with Crippen LogP contribution in [0.15, 0.2) is 88.8 Å². The largest absolute Gasteiger partial charge is 0.251 e. The van der Waals surface area contributed by atoms with Crippen molar-refractivity contribution in [1.82, 2.24) is 0 Å². The quantitative estimate of drug-likeness (QED) is 0.512. The molecule has 1 heterocycles. The summed E-state index contributed by atoms with van der Waals surface area (Å²) in [6.45, 7) is 0. The van der Waals surface area contributed by atoms with E-state index in [0.717, 1.165) is 18.5 Å². The SMILES string of the molecule is c1ccc([C@@H]2Sc3ccccc3N=C3c4ccccc4CC[C@H]32)cc1. The van der Waals surface area contributed by atoms with Crippen molar-refractivity contribution >= 4 is 23.2 Å². The minimum Gasteiger partial charge on any atom is -0.251 e. The summed E-state index contributed by atoms with van der Waals surface area (Å²) in [4.78, 5) is 6.46. The van der Waals surface area contributed by atoms with E-state index in [1.54, 1.807) is 0 Å². The van der Waals surface area contributed by atoms with Crippen LogP contribution in [0.4, 0.5) is 5.69 Å². The van der Waals surface area contributed by atoms with Crippen LogP contribution in [-0.2, 0) is 6.42 Å². The molecule has 0 unspecified atom stereocenters. The highest BCUT2D eigenvalue weighted by molar-refractivity contribution is 7.99. The first-order valence-corrected chi connectivity index (χ1v) is 9.75. The van der Waals surface area contributed by atoms with Gasteiger partial charge >= 0.3 is 0 Å². The molecule has 122 valence electrons. The Balaban J connectivity index is 1.72. The fourth-order valence-corrected chi connectivity index (χ4v) is 5.40. The van der Waals surface area contributed by atoms with Gasteiger partial charge in [0.2, 0.25) is 0 Å². The third-order valence-corrected chi connectivity index (χ3v) is 6.68. The molecule has 25 heavy (non-hydrogen) atoms. The van der Waals surface area contributed by atoms with Crippen LogP contribution in [0.25, 0.3) is 0 Å². The van der Waals surface area contributed by atoms with Crippen molar-refractivity contribution in [3.63, 3.8) is 0 Å². The molecule has 0 amide bonds. The zero-order chi connectivity index (χ0) is 16.6. The number of aliphatic imine (C=N–C) groups is 1. The summed E-state index contributed by atoms with van der Waals surface area (Å²) < 4.78 is 0. The Morgan fingerprint density at radius 1 is 0.800 bits per heavy atom. The van der Waals surface area contributed by atoms with Crippen LogP contribution in [0.5, 0.6) is 0 Å². The summed E-state index contributed by atoms with van der Waals surface area (Å²) in [6, 6.07) is 28.3. The van der Waals surface area contributed by atoms with Crippen LogP contribution in [0.1, 0.15) is 28.4 Å². The predicted octanol–water partition coefficient (Wildman–Crippen LogP) is 6.22. The number of aryl methyl sites for hydroxylation is 1. The van der Waals surface area contributed by atoms with E-state index in [9.17, 15) is 0 Å². The molecule has 5 rings (SSSR count). The Bertz CT molecular complexity index is 945. The van der Waals surface area contributed by atoms with Crippen molar-refractivity contribution in [3.8, 4) is 0 Å². The normalized spacial score (nSPS) is 21.4. The molecule has 1 aliphatic carbocycles. The second-order valence-electron chi connectivity index (χ2n) is 6.72. The molecule has 2 aliphatic rings. The van der Waals surface area contributed by atoms with Crippen molar-refractivity contribution in [2.45, 2.75) is 23.0 Å². The van der Waals surface area contributed by atoms with Crippen LogP contribution >= 0.6 is 11.8 Å². The van der Waals surface area contributed by atoms with Gasteiger partial charge in [-0.05, 0) is 41.7 Å². The lowest BCUT2D eigenvalue weighted by Crippen LogP contribution is -2.27. The van der Waals surface area contributed by atoms with Crippen molar-refractivity contribution in [2.24, 2.45) is 10.9 Å². The molecule has 0 radical (unpaired) electrons. The monoisotopic (exact) mass is 341 g/mol. The van der Waals surface area contributed by atoms with E-state index in [-0.39, 0.29) is 0 Å². The first-order valence-electron chi connectivity index (χ1n) is 8.87. The zero-order valence-corrected chi connectivity index (χ0v) is 14.7. The third-order valence-electron chi connectivity index (χ3n) is 5.22. The molecule has 3 aromatic carbocycles. The van der Waals surface area contributed by atoms with E-state index in [0.29, 0.717) is 11.2 Å². The Kier molecular flexibility index (Phi) is 3.71. The molecular weight excluding hydrogens is 322 g/mol. The van der Waals surface area contributed by atoms with E-state index >= 15 is 0 Å². The molecule has 0 aromatic heterocycles. The summed E-state index contributed by atoms with van der Waals surface area (Å²) in [7, 11) is 0. The van der Waals surface area contributed by atoms with E-state index < -0.39 is 0 Å². The second-order valence-corrected chi connectivity index (χ2v) is 7.90. The lowest BCUT2D eigenvalue weighted by Gasteiger charge is -2.31. The molecule has 2 heteroatoms. The van der Waals surface area contributed by atoms with Gasteiger partial charge < -0.3 is 0 Å². The van der Waals surface area contributed by atoms with Gasteiger partial charge in [0, 0.05) is 16.1 Å². The fourth-order valence-electron chi connectivity index (χ4n) is 4.01. The van der Waals surface area contributed by atoms with Crippen LogP contribution < -0.4 is 0 Å². The number of rotatable bonds is 1. The summed E-state index contributed by atoms with van der Waals surface area (Å²) in [6.07, 6.45) is 2.30. The number of nitrogens with zero attached hydrogens (tertiary/aromatic N) is 1. The first-order chi connectivity index (χ1) is 12.4. The lowest BCUT2D eigenvalue weighted by molar-refractivity contribution is 0.597. The average Bonchev–Trinajstić information content (AvgIpc) is 2.85. The van der Waals surface area contributed by atoms with Gasteiger partial charge in [-0.3, -0.25) is 4.99 Å². The zero-order valence-electron chi connectivity index (χ0n) is 13.9. The maximum absolute atomic E-state index is 5.17. The van der Waals surface area contributed by atoms with Gasteiger partial charge in [0.05, 0.1) is 11.4 Å². The Labute approximate surface area is 152 Å². The molecule has 0 spiro atoms. The minimum absolute atomic E-state index is 0.414. The molecule has 1 nitrogen and oxygen atoms in total. The first kappa shape index (κ1) is 15.0. The van der Waals surface area contributed by atoms with Crippen LogP contribution in [0.2, 0.25) is 0 Å². The van der Waals surface area contributed by atoms with Crippen LogP contribution in [-0.4, -0.2) is 5.71 Å². The van der Waals surface area contributed by atoms with Crippen LogP contribution in [0, 0.1) is 5.92 Å².